The average Bonchev–Trinajstić information content (AvgIpc) is 3.59. The van der Waals surface area contributed by atoms with Crippen molar-refractivity contribution in [3.05, 3.63) is 270 Å². The van der Waals surface area contributed by atoms with Crippen molar-refractivity contribution >= 4 is 71.3 Å². The number of para-hydroxylation sites is 1. The highest BCUT2D eigenvalue weighted by Gasteiger charge is 2.35. The van der Waals surface area contributed by atoms with Crippen molar-refractivity contribution in [3.8, 4) is 11.1 Å². The third kappa shape index (κ3) is 6.23. The van der Waals surface area contributed by atoms with Gasteiger partial charge in [0.25, 0.3) is 0 Å². The van der Waals surface area contributed by atoms with Crippen LogP contribution in [0.25, 0.3) is 65.4 Å². The summed E-state index contributed by atoms with van der Waals surface area (Å²) in [5, 5.41) is 10.3. The molecule has 0 heterocycles. The molecule has 0 amide bonds. The normalized spacial score (nSPS) is 13.2. The quantitative estimate of drug-likeness (QED) is 0.109. The molecule has 0 spiro atoms. The van der Waals surface area contributed by atoms with Crippen molar-refractivity contribution in [3.63, 3.8) is 0 Å². The zero-order valence-electron chi connectivity index (χ0n) is 36.0. The number of benzene rings is 11. The summed E-state index contributed by atoms with van der Waals surface area (Å²) in [5.74, 6) is 0. The van der Waals surface area contributed by atoms with Gasteiger partial charge in [0, 0.05) is 22.5 Å². The standard InChI is InChI=1S/C63H45N/c1-63(2)57-40-50(56-28-16-24-43-18-14-15-27-55(43)56)37-48-29-30-49-38-51(41-58(63)62(49)61(48)57)60(45-21-8-4-9-22-45)59(44-19-6-3-7-20-44)46-32-34-53(35-33-46)64(52-25-10-5-11-26-52)54-36-31-42-17-12-13-23-47(42)39-54/h3-41H,1-2H3. The number of hydrogen-bond acceptors (Lipinski definition) is 1. The van der Waals surface area contributed by atoms with Crippen LogP contribution in [0.4, 0.5) is 17.1 Å². The first-order chi connectivity index (χ1) is 31.5. The van der Waals surface area contributed by atoms with Gasteiger partial charge in [-0.3, -0.25) is 0 Å². The van der Waals surface area contributed by atoms with Crippen LogP contribution in [0.3, 0.4) is 0 Å². The summed E-state index contributed by atoms with van der Waals surface area (Å²) >= 11 is 0. The molecule has 1 aliphatic carbocycles. The van der Waals surface area contributed by atoms with Crippen molar-refractivity contribution in [2.75, 3.05) is 4.90 Å². The maximum Gasteiger partial charge on any atom is 0.0468 e. The van der Waals surface area contributed by atoms with Gasteiger partial charge < -0.3 is 4.90 Å². The Morgan fingerprint density at radius 3 is 1.53 bits per heavy atom. The largest absolute Gasteiger partial charge is 0.310 e. The van der Waals surface area contributed by atoms with E-state index in [0.29, 0.717) is 0 Å². The van der Waals surface area contributed by atoms with Gasteiger partial charge in [0.1, 0.15) is 0 Å². The summed E-state index contributed by atoms with van der Waals surface area (Å²) in [6.07, 6.45) is 0. The molecule has 0 saturated heterocycles. The predicted octanol–water partition coefficient (Wildman–Crippen LogP) is 17.1. The molecule has 11 aromatic carbocycles. The van der Waals surface area contributed by atoms with Crippen molar-refractivity contribution in [2.24, 2.45) is 0 Å². The van der Waals surface area contributed by atoms with Crippen LogP contribution < -0.4 is 4.90 Å². The minimum Gasteiger partial charge on any atom is -0.310 e. The first kappa shape index (κ1) is 37.7. The van der Waals surface area contributed by atoms with E-state index in [2.05, 4.69) is 255 Å². The monoisotopic (exact) mass is 815 g/mol. The maximum atomic E-state index is 2.51. The highest BCUT2D eigenvalue weighted by Crippen LogP contribution is 2.52. The Morgan fingerprint density at radius 1 is 0.328 bits per heavy atom. The topological polar surface area (TPSA) is 3.24 Å². The molecule has 0 aliphatic heterocycles. The Labute approximate surface area is 374 Å². The third-order valence-corrected chi connectivity index (χ3v) is 13.6. The predicted molar refractivity (Wildman–Crippen MR) is 273 cm³/mol. The van der Waals surface area contributed by atoms with E-state index < -0.39 is 0 Å². The second-order valence-electron chi connectivity index (χ2n) is 17.7. The summed E-state index contributed by atoms with van der Waals surface area (Å²) in [7, 11) is 0. The van der Waals surface area contributed by atoms with E-state index in [1.807, 2.05) is 0 Å². The molecule has 0 radical (unpaired) electrons. The molecule has 0 N–H and O–H groups in total. The van der Waals surface area contributed by atoms with Crippen molar-refractivity contribution in [1.82, 2.24) is 0 Å². The Hall–Kier alpha value is -8.00. The zero-order chi connectivity index (χ0) is 42.8. The van der Waals surface area contributed by atoms with E-state index in [0.717, 1.165) is 22.6 Å². The second kappa shape index (κ2) is 15.1. The van der Waals surface area contributed by atoms with Crippen LogP contribution in [0.15, 0.2) is 237 Å². The molecule has 0 unspecified atom stereocenters. The number of fused-ring (bicyclic) bond motifs is 2. The van der Waals surface area contributed by atoms with Crippen LogP contribution in [0, 0.1) is 0 Å². The maximum absolute atomic E-state index is 2.51. The first-order valence-electron chi connectivity index (χ1n) is 22.3. The summed E-state index contributed by atoms with van der Waals surface area (Å²) in [4.78, 5) is 2.36. The van der Waals surface area contributed by atoms with Gasteiger partial charge in [0.15, 0.2) is 0 Å². The highest BCUT2D eigenvalue weighted by atomic mass is 15.1. The van der Waals surface area contributed by atoms with E-state index in [1.54, 1.807) is 0 Å². The number of rotatable bonds is 8. The molecular formula is C63H45N. The lowest BCUT2D eigenvalue weighted by atomic mass is 9.78. The van der Waals surface area contributed by atoms with Gasteiger partial charge in [-0.05, 0) is 159 Å². The van der Waals surface area contributed by atoms with Crippen LogP contribution in [0.5, 0.6) is 0 Å². The van der Waals surface area contributed by atoms with Crippen LogP contribution in [0.1, 0.15) is 47.2 Å². The van der Waals surface area contributed by atoms with Crippen molar-refractivity contribution in [2.45, 2.75) is 19.3 Å². The molecule has 64 heavy (non-hydrogen) atoms. The summed E-state index contributed by atoms with van der Waals surface area (Å²) in [6, 6.07) is 87.1. The highest BCUT2D eigenvalue weighted by molar-refractivity contribution is 6.18. The molecule has 1 nitrogen and oxygen atoms in total. The summed E-state index contributed by atoms with van der Waals surface area (Å²) in [5.41, 5.74) is 15.6. The van der Waals surface area contributed by atoms with Crippen molar-refractivity contribution < 1.29 is 0 Å². The molecular weight excluding hydrogens is 771 g/mol. The second-order valence-corrected chi connectivity index (χ2v) is 17.7. The molecule has 0 aromatic heterocycles. The lowest BCUT2D eigenvalue weighted by Gasteiger charge is -2.26. The molecule has 302 valence electrons. The third-order valence-electron chi connectivity index (χ3n) is 13.6. The smallest absolute Gasteiger partial charge is 0.0468 e. The lowest BCUT2D eigenvalue weighted by molar-refractivity contribution is 0.663. The minimum absolute atomic E-state index is 0.225. The molecule has 12 rings (SSSR count). The van der Waals surface area contributed by atoms with Gasteiger partial charge in [-0.15, -0.1) is 0 Å². The van der Waals surface area contributed by atoms with E-state index in [4.69, 9.17) is 0 Å². The zero-order valence-corrected chi connectivity index (χ0v) is 36.0. The Morgan fingerprint density at radius 2 is 0.828 bits per heavy atom. The van der Waals surface area contributed by atoms with E-state index in [9.17, 15) is 0 Å². The Bertz CT molecular complexity index is 3600. The van der Waals surface area contributed by atoms with Gasteiger partial charge in [-0.25, -0.2) is 0 Å². The van der Waals surface area contributed by atoms with E-state index in [1.165, 1.54) is 93.2 Å². The molecule has 0 fully saturated rings. The fourth-order valence-electron chi connectivity index (χ4n) is 10.5. The van der Waals surface area contributed by atoms with Gasteiger partial charge in [-0.2, -0.15) is 0 Å². The van der Waals surface area contributed by atoms with Crippen LogP contribution in [-0.4, -0.2) is 0 Å². The van der Waals surface area contributed by atoms with Gasteiger partial charge >= 0.3 is 0 Å². The summed E-state index contributed by atoms with van der Waals surface area (Å²) < 4.78 is 0. The number of nitrogens with zero attached hydrogens (tertiary/aromatic N) is 1. The lowest BCUT2D eigenvalue weighted by Crippen LogP contribution is -2.16. The van der Waals surface area contributed by atoms with Gasteiger partial charge in [-0.1, -0.05) is 190 Å². The molecule has 0 bridgehead atoms. The Balaban J connectivity index is 1.05. The fourth-order valence-corrected chi connectivity index (χ4v) is 10.5. The summed E-state index contributed by atoms with van der Waals surface area (Å²) in [6.45, 7) is 4.84. The molecule has 0 atom stereocenters. The van der Waals surface area contributed by atoms with Crippen LogP contribution in [0.2, 0.25) is 0 Å². The molecule has 1 heteroatoms. The minimum atomic E-state index is -0.225. The van der Waals surface area contributed by atoms with Crippen LogP contribution >= 0.6 is 0 Å². The van der Waals surface area contributed by atoms with Gasteiger partial charge in [0.2, 0.25) is 0 Å². The van der Waals surface area contributed by atoms with Crippen molar-refractivity contribution in [1.29, 1.82) is 0 Å². The number of anilines is 3. The molecule has 11 aromatic rings. The van der Waals surface area contributed by atoms with E-state index in [-0.39, 0.29) is 5.41 Å². The van der Waals surface area contributed by atoms with Crippen LogP contribution in [-0.2, 0) is 5.41 Å². The Kier molecular flexibility index (Phi) is 8.91. The average molecular weight is 816 g/mol. The molecule has 1 aliphatic rings. The first-order valence-corrected chi connectivity index (χ1v) is 22.3. The van der Waals surface area contributed by atoms with E-state index >= 15 is 0 Å². The molecule has 0 saturated carbocycles. The fraction of sp³-hybridized carbons (Fsp3) is 0.0476. The SMILES string of the molecule is CC1(C)c2cc(C(=C(c3ccccc3)c3ccc(N(c4ccccc4)c4ccc5ccccc5c4)cc3)c3ccccc3)cc3ccc4cc(-c5cccc6ccccc56)cc1c4c23. The number of hydrogen-bond donors (Lipinski definition) is 0. The van der Waals surface area contributed by atoms with Gasteiger partial charge in [0.05, 0.1) is 0 Å².